The van der Waals surface area contributed by atoms with Crippen molar-refractivity contribution in [1.29, 1.82) is 0 Å². The molecule has 17 heavy (non-hydrogen) atoms. The molecular formula is C12H11ClFNOS. The molecule has 2 nitrogen and oxygen atoms in total. The Bertz CT molecular complexity index is 529. The fourth-order valence-corrected chi connectivity index (χ4v) is 2.76. The number of rotatable bonds is 3. The SMILES string of the molecule is COc1ccc(C(N)c2sccc2Cl)cc1F. The van der Waals surface area contributed by atoms with Crippen LogP contribution in [0.2, 0.25) is 5.02 Å². The zero-order chi connectivity index (χ0) is 12.4. The van der Waals surface area contributed by atoms with Gasteiger partial charge in [-0.2, -0.15) is 0 Å². The Labute approximate surface area is 108 Å². The van der Waals surface area contributed by atoms with Crippen molar-refractivity contribution in [2.75, 3.05) is 7.11 Å². The highest BCUT2D eigenvalue weighted by molar-refractivity contribution is 7.10. The van der Waals surface area contributed by atoms with E-state index in [1.54, 1.807) is 18.2 Å². The molecule has 1 atom stereocenters. The van der Waals surface area contributed by atoms with Crippen molar-refractivity contribution in [1.82, 2.24) is 0 Å². The number of thiophene rings is 1. The Morgan fingerprint density at radius 1 is 1.41 bits per heavy atom. The summed E-state index contributed by atoms with van der Waals surface area (Å²) in [6.07, 6.45) is 0. The van der Waals surface area contributed by atoms with E-state index in [-0.39, 0.29) is 5.75 Å². The van der Waals surface area contributed by atoms with Gasteiger partial charge in [-0.3, -0.25) is 0 Å². The van der Waals surface area contributed by atoms with Gasteiger partial charge < -0.3 is 10.5 Å². The molecule has 0 saturated carbocycles. The molecule has 0 aliphatic rings. The summed E-state index contributed by atoms with van der Waals surface area (Å²) in [5.74, 6) is -0.216. The van der Waals surface area contributed by atoms with E-state index in [4.69, 9.17) is 22.1 Å². The van der Waals surface area contributed by atoms with E-state index in [1.807, 2.05) is 5.38 Å². The van der Waals surface area contributed by atoms with E-state index in [2.05, 4.69) is 0 Å². The van der Waals surface area contributed by atoms with Crippen LogP contribution in [0.15, 0.2) is 29.6 Å². The van der Waals surface area contributed by atoms with Gasteiger partial charge in [0.1, 0.15) is 0 Å². The molecule has 1 unspecified atom stereocenters. The minimum absolute atomic E-state index is 0.207. The topological polar surface area (TPSA) is 35.2 Å². The normalized spacial score (nSPS) is 12.5. The molecule has 2 aromatic rings. The van der Waals surface area contributed by atoms with Crippen LogP contribution in [0.3, 0.4) is 0 Å². The predicted octanol–water partition coefficient (Wildman–Crippen LogP) is 3.60. The lowest BCUT2D eigenvalue weighted by Gasteiger charge is -2.12. The van der Waals surface area contributed by atoms with Gasteiger partial charge in [0, 0.05) is 4.88 Å². The number of hydrogen-bond donors (Lipinski definition) is 1. The third-order valence-electron chi connectivity index (χ3n) is 2.46. The van der Waals surface area contributed by atoms with Crippen LogP contribution in [-0.2, 0) is 0 Å². The average molecular weight is 272 g/mol. The molecule has 0 radical (unpaired) electrons. The predicted molar refractivity (Wildman–Crippen MR) is 68.3 cm³/mol. The summed E-state index contributed by atoms with van der Waals surface area (Å²) < 4.78 is 18.4. The van der Waals surface area contributed by atoms with E-state index in [0.717, 1.165) is 4.88 Å². The molecule has 2 N–H and O–H groups in total. The van der Waals surface area contributed by atoms with Crippen LogP contribution < -0.4 is 10.5 Å². The first kappa shape index (κ1) is 12.4. The summed E-state index contributed by atoms with van der Waals surface area (Å²) in [5, 5.41) is 2.47. The molecular weight excluding hydrogens is 261 g/mol. The summed E-state index contributed by atoms with van der Waals surface area (Å²) >= 11 is 7.45. The third kappa shape index (κ3) is 2.44. The van der Waals surface area contributed by atoms with Gasteiger partial charge in [-0.15, -0.1) is 11.3 Å². The quantitative estimate of drug-likeness (QED) is 0.926. The van der Waals surface area contributed by atoms with Crippen molar-refractivity contribution in [3.63, 3.8) is 0 Å². The van der Waals surface area contributed by atoms with Crippen molar-refractivity contribution in [2.24, 2.45) is 5.73 Å². The molecule has 0 bridgehead atoms. The van der Waals surface area contributed by atoms with Crippen LogP contribution in [-0.4, -0.2) is 7.11 Å². The van der Waals surface area contributed by atoms with Crippen LogP contribution in [0, 0.1) is 5.82 Å². The van der Waals surface area contributed by atoms with E-state index in [1.165, 1.54) is 24.5 Å². The maximum absolute atomic E-state index is 13.5. The van der Waals surface area contributed by atoms with Gasteiger partial charge in [0.25, 0.3) is 0 Å². The fourth-order valence-electron chi connectivity index (χ4n) is 1.55. The number of benzene rings is 1. The molecule has 1 aromatic heterocycles. The lowest BCUT2D eigenvalue weighted by Crippen LogP contribution is -2.11. The molecule has 0 spiro atoms. The molecule has 1 heterocycles. The Morgan fingerprint density at radius 3 is 2.71 bits per heavy atom. The van der Waals surface area contributed by atoms with Crippen molar-refractivity contribution in [3.05, 3.63) is 50.9 Å². The Balaban J connectivity index is 2.35. The summed E-state index contributed by atoms with van der Waals surface area (Å²) in [4.78, 5) is 0.830. The summed E-state index contributed by atoms with van der Waals surface area (Å²) in [6, 6.07) is 6.04. The van der Waals surface area contributed by atoms with Crippen molar-refractivity contribution in [3.8, 4) is 5.75 Å². The van der Waals surface area contributed by atoms with Gasteiger partial charge in [0.15, 0.2) is 11.6 Å². The molecule has 0 fully saturated rings. The molecule has 0 aliphatic carbocycles. The minimum Gasteiger partial charge on any atom is -0.494 e. The molecule has 0 aliphatic heterocycles. The van der Waals surface area contributed by atoms with Crippen LogP contribution in [0.1, 0.15) is 16.5 Å². The van der Waals surface area contributed by atoms with Gasteiger partial charge in [-0.1, -0.05) is 17.7 Å². The van der Waals surface area contributed by atoms with E-state index in [0.29, 0.717) is 10.6 Å². The van der Waals surface area contributed by atoms with Gasteiger partial charge in [-0.25, -0.2) is 4.39 Å². The smallest absolute Gasteiger partial charge is 0.165 e. The third-order valence-corrected chi connectivity index (χ3v) is 3.90. The Hall–Kier alpha value is -1.10. The monoisotopic (exact) mass is 271 g/mol. The van der Waals surface area contributed by atoms with E-state index < -0.39 is 11.9 Å². The maximum Gasteiger partial charge on any atom is 0.165 e. The fraction of sp³-hybridized carbons (Fsp3) is 0.167. The van der Waals surface area contributed by atoms with Crippen LogP contribution in [0.25, 0.3) is 0 Å². The zero-order valence-corrected chi connectivity index (χ0v) is 10.7. The van der Waals surface area contributed by atoms with Crippen LogP contribution >= 0.6 is 22.9 Å². The first-order valence-corrected chi connectivity index (χ1v) is 6.21. The van der Waals surface area contributed by atoms with Gasteiger partial charge in [0.2, 0.25) is 0 Å². The highest BCUT2D eigenvalue weighted by Crippen LogP contribution is 2.32. The number of halogens is 2. The highest BCUT2D eigenvalue weighted by atomic mass is 35.5. The second kappa shape index (κ2) is 5.04. The summed E-state index contributed by atoms with van der Waals surface area (Å²) in [5.41, 5.74) is 6.71. The van der Waals surface area contributed by atoms with Gasteiger partial charge in [0.05, 0.1) is 18.2 Å². The molecule has 90 valence electrons. The standard InChI is InChI=1S/C12H11ClFNOS/c1-16-10-3-2-7(6-9(10)14)11(15)12-8(13)4-5-17-12/h2-6,11H,15H2,1H3. The van der Waals surface area contributed by atoms with Gasteiger partial charge in [-0.05, 0) is 29.1 Å². The second-order valence-corrected chi connectivity index (χ2v) is 4.86. The van der Waals surface area contributed by atoms with E-state index in [9.17, 15) is 4.39 Å². The van der Waals surface area contributed by atoms with Crippen molar-refractivity contribution >= 4 is 22.9 Å². The van der Waals surface area contributed by atoms with Gasteiger partial charge >= 0.3 is 0 Å². The lowest BCUT2D eigenvalue weighted by atomic mass is 10.1. The van der Waals surface area contributed by atoms with Crippen molar-refractivity contribution in [2.45, 2.75) is 6.04 Å². The average Bonchev–Trinajstić information content (AvgIpc) is 2.74. The molecule has 1 aromatic carbocycles. The molecule has 2 rings (SSSR count). The first-order chi connectivity index (χ1) is 8.13. The Kier molecular flexibility index (Phi) is 3.66. The molecule has 0 saturated heterocycles. The zero-order valence-electron chi connectivity index (χ0n) is 9.11. The maximum atomic E-state index is 13.5. The summed E-state index contributed by atoms with van der Waals surface area (Å²) in [7, 11) is 1.42. The van der Waals surface area contributed by atoms with Crippen LogP contribution in [0.4, 0.5) is 4.39 Å². The highest BCUT2D eigenvalue weighted by Gasteiger charge is 2.15. The lowest BCUT2D eigenvalue weighted by molar-refractivity contribution is 0.386. The largest absolute Gasteiger partial charge is 0.494 e. The number of methoxy groups -OCH3 is 1. The molecule has 5 heteroatoms. The number of ether oxygens (including phenoxy) is 1. The van der Waals surface area contributed by atoms with Crippen LogP contribution in [0.5, 0.6) is 5.75 Å². The Morgan fingerprint density at radius 2 is 2.18 bits per heavy atom. The molecule has 0 amide bonds. The first-order valence-electron chi connectivity index (χ1n) is 4.95. The van der Waals surface area contributed by atoms with E-state index >= 15 is 0 Å². The second-order valence-electron chi connectivity index (χ2n) is 3.50. The number of nitrogens with two attached hydrogens (primary N) is 1. The summed E-state index contributed by atoms with van der Waals surface area (Å²) in [6.45, 7) is 0. The van der Waals surface area contributed by atoms with Crippen molar-refractivity contribution < 1.29 is 9.13 Å². The number of hydrogen-bond acceptors (Lipinski definition) is 3. The minimum atomic E-state index is -0.423.